The van der Waals surface area contributed by atoms with Gasteiger partial charge in [-0.2, -0.15) is 0 Å². The average Bonchev–Trinajstić information content (AvgIpc) is 2.37. The number of rotatable bonds is 6. The van der Waals surface area contributed by atoms with Crippen molar-refractivity contribution in [2.75, 3.05) is 21.3 Å². The monoisotopic (exact) mass is 253 g/mol. The van der Waals surface area contributed by atoms with E-state index in [0.717, 1.165) is 0 Å². The molecule has 5 heteroatoms. The maximum Gasteiger partial charge on any atom is 0.203 e. The van der Waals surface area contributed by atoms with Gasteiger partial charge in [-0.1, -0.05) is 6.92 Å². The summed E-state index contributed by atoms with van der Waals surface area (Å²) in [5.74, 6) is -0.500. The number of carboxylic acid groups (broad SMARTS) is 1. The number of hydrogen-bond acceptors (Lipinski definition) is 5. The van der Waals surface area contributed by atoms with Crippen LogP contribution in [-0.4, -0.2) is 27.3 Å². The first-order valence-electron chi connectivity index (χ1n) is 5.59. The Hall–Kier alpha value is -1.91. The second kappa shape index (κ2) is 6.14. The molecule has 0 fully saturated rings. The Balaban J connectivity index is 3.34. The Morgan fingerprint density at radius 2 is 1.67 bits per heavy atom. The SMILES string of the molecule is CC[C@H](C(=O)[O-])c1cc(OC)c(OC)c(OC)c1. The van der Waals surface area contributed by atoms with Gasteiger partial charge >= 0.3 is 0 Å². The Morgan fingerprint density at radius 1 is 1.17 bits per heavy atom. The fourth-order valence-corrected chi connectivity index (χ4v) is 1.84. The second-order valence-corrected chi connectivity index (χ2v) is 3.74. The molecule has 0 N–H and O–H groups in total. The Kier molecular flexibility index (Phi) is 4.83. The molecule has 0 radical (unpaired) electrons. The van der Waals surface area contributed by atoms with Crippen LogP contribution >= 0.6 is 0 Å². The van der Waals surface area contributed by atoms with Crippen LogP contribution in [0.1, 0.15) is 24.8 Å². The Morgan fingerprint density at radius 3 is 1.94 bits per heavy atom. The van der Waals surface area contributed by atoms with Crippen molar-refractivity contribution >= 4 is 5.97 Å². The van der Waals surface area contributed by atoms with Gasteiger partial charge in [0, 0.05) is 11.9 Å². The standard InChI is InChI=1S/C13H18O5/c1-5-9(13(14)15)8-6-10(16-2)12(18-4)11(7-8)17-3/h6-7,9H,5H2,1-4H3,(H,14,15)/p-1/t9-/m0/s1. The van der Waals surface area contributed by atoms with Crippen molar-refractivity contribution < 1.29 is 24.1 Å². The normalized spacial score (nSPS) is 11.8. The number of carbonyl (C=O) groups is 1. The van der Waals surface area contributed by atoms with Crippen molar-refractivity contribution in [3.05, 3.63) is 17.7 Å². The molecule has 0 saturated carbocycles. The molecule has 0 aliphatic rings. The average molecular weight is 253 g/mol. The third kappa shape index (κ3) is 2.67. The lowest BCUT2D eigenvalue weighted by Crippen LogP contribution is -2.29. The Bertz CT molecular complexity index is 402. The predicted octanol–water partition coefficient (Wildman–Crippen LogP) is 0.956. The molecule has 0 unspecified atom stereocenters. The molecule has 1 rings (SSSR count). The zero-order valence-electron chi connectivity index (χ0n) is 11.0. The van der Waals surface area contributed by atoms with E-state index in [1.165, 1.54) is 21.3 Å². The fraction of sp³-hybridized carbons (Fsp3) is 0.462. The first kappa shape index (κ1) is 14.2. The number of methoxy groups -OCH3 is 3. The van der Waals surface area contributed by atoms with Gasteiger partial charge in [0.1, 0.15) is 0 Å². The highest BCUT2D eigenvalue weighted by Crippen LogP contribution is 2.40. The molecule has 0 bridgehead atoms. The summed E-state index contributed by atoms with van der Waals surface area (Å²) in [6.45, 7) is 1.78. The highest BCUT2D eigenvalue weighted by atomic mass is 16.5. The summed E-state index contributed by atoms with van der Waals surface area (Å²) >= 11 is 0. The summed E-state index contributed by atoms with van der Waals surface area (Å²) in [5, 5.41) is 11.1. The van der Waals surface area contributed by atoms with Gasteiger partial charge in [-0.15, -0.1) is 0 Å². The van der Waals surface area contributed by atoms with Crippen LogP contribution in [0.3, 0.4) is 0 Å². The molecule has 1 atom stereocenters. The molecule has 18 heavy (non-hydrogen) atoms. The summed E-state index contributed by atoms with van der Waals surface area (Å²) in [6.07, 6.45) is 0.432. The lowest BCUT2D eigenvalue weighted by atomic mass is 9.96. The zero-order chi connectivity index (χ0) is 13.7. The van der Waals surface area contributed by atoms with Gasteiger partial charge in [0.15, 0.2) is 11.5 Å². The van der Waals surface area contributed by atoms with Crippen LogP contribution in [0.15, 0.2) is 12.1 Å². The summed E-state index contributed by atoms with van der Waals surface area (Å²) in [7, 11) is 4.47. The second-order valence-electron chi connectivity index (χ2n) is 3.74. The molecular formula is C13H17O5-. The summed E-state index contributed by atoms with van der Waals surface area (Å²) in [6, 6.07) is 3.26. The van der Waals surface area contributed by atoms with Gasteiger partial charge in [-0.25, -0.2) is 0 Å². The van der Waals surface area contributed by atoms with Crippen molar-refractivity contribution in [3.8, 4) is 17.2 Å². The molecule has 0 saturated heterocycles. The van der Waals surface area contributed by atoms with Crippen LogP contribution in [0.25, 0.3) is 0 Å². The minimum absolute atomic E-state index is 0.432. The molecule has 100 valence electrons. The van der Waals surface area contributed by atoms with Crippen LogP contribution in [0, 0.1) is 0 Å². The largest absolute Gasteiger partial charge is 0.549 e. The molecule has 0 aromatic heterocycles. The van der Waals surface area contributed by atoms with Crippen molar-refractivity contribution in [3.63, 3.8) is 0 Å². The Labute approximate surface area is 106 Å². The molecule has 0 amide bonds. The van der Waals surface area contributed by atoms with Gasteiger partial charge in [0.25, 0.3) is 0 Å². The molecule has 0 heterocycles. The molecule has 0 aliphatic heterocycles. The van der Waals surface area contributed by atoms with Gasteiger partial charge < -0.3 is 24.1 Å². The van der Waals surface area contributed by atoms with E-state index in [-0.39, 0.29) is 0 Å². The van der Waals surface area contributed by atoms with Crippen LogP contribution in [0.5, 0.6) is 17.2 Å². The number of ether oxygens (including phenoxy) is 3. The molecule has 0 aliphatic carbocycles. The van der Waals surface area contributed by atoms with E-state index in [4.69, 9.17) is 14.2 Å². The van der Waals surface area contributed by atoms with Crippen LogP contribution in [-0.2, 0) is 4.79 Å². The van der Waals surface area contributed by atoms with Crippen LogP contribution in [0.2, 0.25) is 0 Å². The fourth-order valence-electron chi connectivity index (χ4n) is 1.84. The van der Waals surface area contributed by atoms with E-state index in [9.17, 15) is 9.90 Å². The highest BCUT2D eigenvalue weighted by Gasteiger charge is 2.18. The van der Waals surface area contributed by atoms with Crippen molar-refractivity contribution in [2.24, 2.45) is 0 Å². The smallest absolute Gasteiger partial charge is 0.203 e. The minimum Gasteiger partial charge on any atom is -0.549 e. The third-order valence-electron chi connectivity index (χ3n) is 2.78. The topological polar surface area (TPSA) is 67.8 Å². The van der Waals surface area contributed by atoms with Gasteiger partial charge in [0.05, 0.1) is 21.3 Å². The number of carbonyl (C=O) groups excluding carboxylic acids is 1. The van der Waals surface area contributed by atoms with Crippen LogP contribution < -0.4 is 19.3 Å². The molecule has 5 nitrogen and oxygen atoms in total. The van der Waals surface area contributed by atoms with Crippen molar-refractivity contribution in [1.29, 1.82) is 0 Å². The first-order valence-corrected chi connectivity index (χ1v) is 5.59. The van der Waals surface area contributed by atoms with E-state index in [2.05, 4.69) is 0 Å². The minimum atomic E-state index is -1.12. The number of hydrogen-bond donors (Lipinski definition) is 0. The maximum absolute atomic E-state index is 11.1. The van der Waals surface area contributed by atoms with Gasteiger partial charge in [0.2, 0.25) is 5.75 Å². The molecular weight excluding hydrogens is 236 g/mol. The van der Waals surface area contributed by atoms with Gasteiger partial charge in [-0.05, 0) is 24.1 Å². The lowest BCUT2D eigenvalue weighted by molar-refractivity contribution is -0.308. The lowest BCUT2D eigenvalue weighted by Gasteiger charge is -2.20. The van der Waals surface area contributed by atoms with E-state index in [0.29, 0.717) is 29.2 Å². The zero-order valence-corrected chi connectivity index (χ0v) is 11.0. The number of carboxylic acids is 1. The van der Waals surface area contributed by atoms with E-state index < -0.39 is 11.9 Å². The predicted molar refractivity (Wildman–Crippen MR) is 64.1 cm³/mol. The number of aliphatic carboxylic acids is 1. The summed E-state index contributed by atoms with van der Waals surface area (Å²) in [5.41, 5.74) is 0.576. The number of benzene rings is 1. The molecule has 1 aromatic carbocycles. The maximum atomic E-state index is 11.1. The van der Waals surface area contributed by atoms with E-state index in [1.54, 1.807) is 19.1 Å². The molecule has 0 spiro atoms. The first-order chi connectivity index (χ1) is 8.58. The summed E-state index contributed by atoms with van der Waals surface area (Å²) < 4.78 is 15.5. The highest BCUT2D eigenvalue weighted by molar-refractivity contribution is 5.75. The van der Waals surface area contributed by atoms with E-state index >= 15 is 0 Å². The van der Waals surface area contributed by atoms with Crippen molar-refractivity contribution in [1.82, 2.24) is 0 Å². The van der Waals surface area contributed by atoms with Crippen molar-refractivity contribution in [2.45, 2.75) is 19.3 Å². The van der Waals surface area contributed by atoms with Crippen LogP contribution in [0.4, 0.5) is 0 Å². The van der Waals surface area contributed by atoms with E-state index in [1.807, 2.05) is 0 Å². The quantitative estimate of drug-likeness (QED) is 0.755. The molecule has 1 aromatic rings. The summed E-state index contributed by atoms with van der Waals surface area (Å²) in [4.78, 5) is 11.1. The van der Waals surface area contributed by atoms with Gasteiger partial charge in [-0.3, -0.25) is 0 Å². The third-order valence-corrected chi connectivity index (χ3v) is 2.78.